The van der Waals surface area contributed by atoms with Gasteiger partial charge in [-0.3, -0.25) is 4.98 Å². The number of rotatable bonds is 6. The molecule has 8 aromatic carbocycles. The molecule has 0 saturated carbocycles. The molecular formula is C57H47IrN3SSi-2. The van der Waals surface area contributed by atoms with Gasteiger partial charge in [0, 0.05) is 53.1 Å². The van der Waals surface area contributed by atoms with Crippen molar-refractivity contribution in [2.45, 2.75) is 46.2 Å². The summed E-state index contributed by atoms with van der Waals surface area (Å²) in [5.41, 5.74) is 9.30. The fourth-order valence-electron chi connectivity index (χ4n) is 8.59. The molecule has 0 amide bonds. The molecule has 0 N–H and O–H groups in total. The largest absolute Gasteiger partial charge is 0.333 e. The molecule has 63 heavy (non-hydrogen) atoms. The maximum absolute atomic E-state index is 8.48. The molecule has 3 heterocycles. The fraction of sp³-hybridized carbons (Fsp3) is 0.123. The molecule has 3 nitrogen and oxygen atoms in total. The van der Waals surface area contributed by atoms with Gasteiger partial charge in [-0.25, -0.2) is 0 Å². The predicted octanol–water partition coefficient (Wildman–Crippen LogP) is 15.4. The number of hydrogen-bond acceptors (Lipinski definition) is 3. The molecule has 11 aromatic rings. The van der Waals surface area contributed by atoms with Crippen molar-refractivity contribution in [1.82, 2.24) is 14.5 Å². The third-order valence-corrected chi connectivity index (χ3v) is 15.0. The van der Waals surface area contributed by atoms with E-state index >= 15 is 0 Å². The van der Waals surface area contributed by atoms with E-state index in [0.29, 0.717) is 0 Å². The van der Waals surface area contributed by atoms with Crippen LogP contribution in [0, 0.1) is 19.0 Å². The molecule has 0 atom stereocenters. The fourth-order valence-corrected chi connectivity index (χ4v) is 11.5. The Morgan fingerprint density at radius 3 is 2.14 bits per heavy atom. The first-order chi connectivity index (χ1) is 31.6. The summed E-state index contributed by atoms with van der Waals surface area (Å²) < 4.78 is 35.7. The predicted molar refractivity (Wildman–Crippen MR) is 269 cm³/mol. The van der Waals surface area contributed by atoms with Crippen molar-refractivity contribution in [3.63, 3.8) is 0 Å². The van der Waals surface area contributed by atoms with Crippen LogP contribution in [0.4, 0.5) is 0 Å². The van der Waals surface area contributed by atoms with E-state index in [1.807, 2.05) is 37.4 Å². The van der Waals surface area contributed by atoms with Gasteiger partial charge in [0.05, 0.1) is 24.9 Å². The number of benzene rings is 8. The SMILES string of the molecule is [2H]C([2H])([2H])c1c[c-]c(-c2cc(C([2H])(C)C)c([Si](C)(C)C)cn2)cc1.[Ir].[c-]1ccc2c(sc3c4ccccc4ccc23)c1-c1nc2c3ccccc3ccc2n1-c1ccccc1-c1ccccc1. The molecule has 0 bridgehead atoms. The molecule has 0 unspecified atom stereocenters. The summed E-state index contributed by atoms with van der Waals surface area (Å²) >= 11 is 1.85. The zero-order valence-corrected chi connectivity index (χ0v) is 40.0. The summed E-state index contributed by atoms with van der Waals surface area (Å²) in [6, 6.07) is 63.1. The Morgan fingerprint density at radius 1 is 0.698 bits per heavy atom. The van der Waals surface area contributed by atoms with Crippen LogP contribution in [-0.2, 0) is 20.1 Å². The van der Waals surface area contributed by atoms with Crippen LogP contribution in [0.1, 0.15) is 36.4 Å². The first-order valence-corrected chi connectivity index (χ1v) is 25.3. The third kappa shape index (κ3) is 7.87. The second-order valence-electron chi connectivity index (χ2n) is 17.0. The van der Waals surface area contributed by atoms with E-state index in [0.717, 1.165) is 50.3 Å². The Kier molecular flexibility index (Phi) is 10.3. The van der Waals surface area contributed by atoms with Crippen LogP contribution in [0.15, 0.2) is 170 Å². The average molecular weight is 1030 g/mol. The summed E-state index contributed by atoms with van der Waals surface area (Å²) in [6.45, 7) is 8.38. The minimum atomic E-state index is -2.13. The topological polar surface area (TPSA) is 30.7 Å². The molecule has 11 rings (SSSR count). The van der Waals surface area contributed by atoms with Crippen molar-refractivity contribution < 1.29 is 25.6 Å². The van der Waals surface area contributed by atoms with Crippen molar-refractivity contribution >= 4 is 77.3 Å². The zero-order chi connectivity index (χ0) is 46.0. The van der Waals surface area contributed by atoms with Gasteiger partial charge in [-0.15, -0.1) is 53.6 Å². The number of pyridine rings is 1. The Bertz CT molecular complexity index is 3610. The average Bonchev–Trinajstić information content (AvgIpc) is 3.91. The minimum absolute atomic E-state index is 0. The van der Waals surface area contributed by atoms with Crippen LogP contribution in [0.2, 0.25) is 19.6 Å². The monoisotopic (exact) mass is 1030 g/mol. The Labute approximate surface area is 394 Å². The van der Waals surface area contributed by atoms with Gasteiger partial charge < -0.3 is 9.55 Å². The second-order valence-corrected chi connectivity index (χ2v) is 23.1. The van der Waals surface area contributed by atoms with Crippen molar-refractivity contribution in [2.24, 2.45) is 0 Å². The van der Waals surface area contributed by atoms with Gasteiger partial charge >= 0.3 is 0 Å². The molecule has 3 aromatic heterocycles. The number of aryl methyl sites for hydroxylation is 1. The van der Waals surface area contributed by atoms with Gasteiger partial charge in [0.2, 0.25) is 0 Å². The number of para-hydroxylation sites is 1. The van der Waals surface area contributed by atoms with Gasteiger partial charge in [0.15, 0.2) is 0 Å². The minimum Gasteiger partial charge on any atom is -0.333 e. The van der Waals surface area contributed by atoms with Crippen LogP contribution >= 0.6 is 11.3 Å². The molecule has 6 heteroatoms. The Hall–Kier alpha value is -6.01. The van der Waals surface area contributed by atoms with Gasteiger partial charge in [-0.2, -0.15) is 11.3 Å². The maximum Gasteiger partial charge on any atom is 0.0852 e. The number of fused-ring (bicyclic) bond motifs is 8. The number of imidazole rings is 1. The van der Waals surface area contributed by atoms with Crippen molar-refractivity contribution in [3.8, 4) is 39.5 Å². The smallest absolute Gasteiger partial charge is 0.0852 e. The maximum atomic E-state index is 8.48. The van der Waals surface area contributed by atoms with Crippen LogP contribution < -0.4 is 5.19 Å². The Balaban J connectivity index is 0.000000194. The summed E-state index contributed by atoms with van der Waals surface area (Å²) in [4.78, 5) is 10.0. The molecule has 0 aliphatic heterocycles. The summed E-state index contributed by atoms with van der Waals surface area (Å²) in [5.74, 6) is 0.192. The van der Waals surface area contributed by atoms with Crippen LogP contribution in [0.3, 0.4) is 0 Å². The molecule has 0 fully saturated rings. The van der Waals surface area contributed by atoms with Gasteiger partial charge in [0.25, 0.3) is 0 Å². The quantitative estimate of drug-likeness (QED) is 0.123. The summed E-state index contributed by atoms with van der Waals surface area (Å²) in [6.07, 6.45) is 1.89. The van der Waals surface area contributed by atoms with Gasteiger partial charge in [-0.05, 0) is 60.7 Å². The van der Waals surface area contributed by atoms with Crippen LogP contribution in [0.5, 0.6) is 0 Å². The standard InChI is InChI=1S/C39H23N2S.C18H24NSi.Ir/c1-2-11-25(12-3-1)28-15-8-9-20-34(28)41-35-24-22-26-13-4-6-16-29(26)36(35)40-39(41)33-19-10-18-31-32-23-21-27-14-5-7-17-30(27)37(32)42-38(31)33;1-13(2)16-11-17(15-9-7-14(3)8-10-15)19-12-18(16)20(4,5)6;/h1-18,20-24H;7-9,11-13H,1-6H3;/q2*-1;/i;3D3,13D;. The van der Waals surface area contributed by atoms with E-state index in [9.17, 15) is 0 Å². The number of nitrogens with zero attached hydrogens (tertiary/aromatic N) is 3. The van der Waals surface area contributed by atoms with E-state index in [4.69, 9.17) is 10.5 Å². The summed E-state index contributed by atoms with van der Waals surface area (Å²) in [7, 11) is -1.61. The Morgan fingerprint density at radius 2 is 1.40 bits per heavy atom. The van der Waals surface area contributed by atoms with E-state index < -0.39 is 20.8 Å². The number of hydrogen-bond donors (Lipinski definition) is 0. The van der Waals surface area contributed by atoms with Crippen molar-refractivity contribution in [2.75, 3.05) is 0 Å². The van der Waals surface area contributed by atoms with E-state index in [1.54, 1.807) is 12.1 Å². The molecule has 0 spiro atoms. The molecule has 0 aliphatic rings. The molecular weight excluding hydrogens is 979 g/mol. The molecule has 0 saturated heterocycles. The van der Waals surface area contributed by atoms with E-state index in [2.05, 4.69) is 181 Å². The zero-order valence-electron chi connectivity index (χ0n) is 39.7. The second kappa shape index (κ2) is 17.3. The van der Waals surface area contributed by atoms with Crippen LogP contribution in [0.25, 0.3) is 92.2 Å². The third-order valence-electron chi connectivity index (χ3n) is 11.7. The van der Waals surface area contributed by atoms with Crippen molar-refractivity contribution in [1.29, 1.82) is 0 Å². The molecule has 311 valence electrons. The van der Waals surface area contributed by atoms with Crippen LogP contribution in [-0.4, -0.2) is 22.6 Å². The first kappa shape index (κ1) is 37.5. The molecule has 0 aliphatic carbocycles. The van der Waals surface area contributed by atoms with Gasteiger partial charge in [0.1, 0.15) is 0 Å². The summed E-state index contributed by atoms with van der Waals surface area (Å²) in [5, 5.41) is 8.60. The molecule has 1 radical (unpaired) electrons. The number of thiophene rings is 1. The van der Waals surface area contributed by atoms with E-state index in [-0.39, 0.29) is 25.7 Å². The van der Waals surface area contributed by atoms with Gasteiger partial charge in [-0.1, -0.05) is 178 Å². The number of aromatic nitrogens is 3. The normalized spacial score (nSPS) is 13.0. The van der Waals surface area contributed by atoms with E-state index in [1.165, 1.54) is 58.7 Å². The first-order valence-electron chi connectivity index (χ1n) is 23.0. The van der Waals surface area contributed by atoms with Crippen molar-refractivity contribution in [3.05, 3.63) is 193 Å².